The van der Waals surface area contributed by atoms with Crippen molar-refractivity contribution in [3.05, 3.63) is 21.3 Å². The number of hydrogen-bond donors (Lipinski definition) is 1. The van der Waals surface area contributed by atoms with E-state index in [9.17, 15) is 5.11 Å². The monoisotopic (exact) mass is 200 g/mol. The van der Waals surface area contributed by atoms with Crippen LogP contribution in [0.1, 0.15) is 24.3 Å². The van der Waals surface area contributed by atoms with Crippen LogP contribution in [0.5, 0.6) is 0 Å². The van der Waals surface area contributed by atoms with Crippen LogP contribution in [0.25, 0.3) is 0 Å². The molecule has 0 aliphatic carbocycles. The molecule has 1 nitrogen and oxygen atoms in total. The first-order chi connectivity index (χ1) is 5.75. The van der Waals surface area contributed by atoms with Crippen LogP contribution in [0.3, 0.4) is 0 Å². The third-order valence-electron chi connectivity index (χ3n) is 1.42. The average molecular weight is 201 g/mol. The second-order valence-electron chi connectivity index (χ2n) is 2.28. The van der Waals surface area contributed by atoms with Gasteiger partial charge in [-0.05, 0) is 18.4 Å². The molecule has 0 radical (unpaired) electrons. The predicted molar refractivity (Wildman–Crippen MR) is 52.4 cm³/mol. The summed E-state index contributed by atoms with van der Waals surface area (Å²) in [6.07, 6.45) is -0.0820. The lowest BCUT2D eigenvalue weighted by Gasteiger charge is -2.03. The van der Waals surface area contributed by atoms with Gasteiger partial charge in [-0.25, -0.2) is 0 Å². The molecule has 0 aliphatic heterocycles. The number of thiophene rings is 1. The summed E-state index contributed by atoms with van der Waals surface area (Å²) in [5.74, 6) is 5.54. The van der Waals surface area contributed by atoms with Crippen molar-refractivity contribution in [1.82, 2.24) is 0 Å². The van der Waals surface area contributed by atoms with Gasteiger partial charge in [0.1, 0.15) is 6.10 Å². The summed E-state index contributed by atoms with van der Waals surface area (Å²) < 4.78 is 0. The maximum absolute atomic E-state index is 9.54. The fourth-order valence-corrected chi connectivity index (χ4v) is 2.00. The zero-order valence-electron chi connectivity index (χ0n) is 6.67. The van der Waals surface area contributed by atoms with E-state index in [1.807, 2.05) is 5.38 Å². The standard InChI is InChI=1S/C9H9ClOS/c1-2-3-4-8(11)9-7(10)5-6-12-9/h5-6,8,11H,4H2,1H3. The maximum Gasteiger partial charge on any atom is 0.101 e. The van der Waals surface area contributed by atoms with Crippen LogP contribution in [0, 0.1) is 11.8 Å². The molecule has 1 N–H and O–H groups in total. The van der Waals surface area contributed by atoms with Crippen molar-refractivity contribution >= 4 is 22.9 Å². The highest BCUT2D eigenvalue weighted by atomic mass is 35.5. The molecular weight excluding hydrogens is 192 g/mol. The van der Waals surface area contributed by atoms with Gasteiger partial charge < -0.3 is 5.11 Å². The zero-order chi connectivity index (χ0) is 8.97. The summed E-state index contributed by atoms with van der Waals surface area (Å²) in [4.78, 5) is 0.805. The Balaban J connectivity index is 2.68. The average Bonchev–Trinajstić information content (AvgIpc) is 2.47. The molecule has 64 valence electrons. The van der Waals surface area contributed by atoms with Gasteiger partial charge in [0, 0.05) is 6.42 Å². The lowest BCUT2D eigenvalue weighted by molar-refractivity contribution is 0.188. The molecule has 1 rings (SSSR count). The van der Waals surface area contributed by atoms with Crippen molar-refractivity contribution in [2.24, 2.45) is 0 Å². The molecule has 0 bridgehead atoms. The van der Waals surface area contributed by atoms with E-state index in [-0.39, 0.29) is 0 Å². The number of hydrogen-bond acceptors (Lipinski definition) is 2. The van der Waals surface area contributed by atoms with E-state index < -0.39 is 6.10 Å². The van der Waals surface area contributed by atoms with Crippen LogP contribution in [-0.4, -0.2) is 5.11 Å². The third kappa shape index (κ3) is 2.25. The van der Waals surface area contributed by atoms with Crippen molar-refractivity contribution in [2.45, 2.75) is 19.4 Å². The van der Waals surface area contributed by atoms with E-state index in [2.05, 4.69) is 11.8 Å². The molecule has 0 spiro atoms. The molecule has 0 aliphatic rings. The Morgan fingerprint density at radius 1 is 1.75 bits per heavy atom. The van der Waals surface area contributed by atoms with Gasteiger partial charge in [-0.2, -0.15) is 0 Å². The van der Waals surface area contributed by atoms with Crippen LogP contribution in [-0.2, 0) is 0 Å². The molecule has 12 heavy (non-hydrogen) atoms. The summed E-state index contributed by atoms with van der Waals surface area (Å²) in [5.41, 5.74) is 0. The van der Waals surface area contributed by atoms with E-state index in [1.165, 1.54) is 11.3 Å². The Morgan fingerprint density at radius 3 is 3.00 bits per heavy atom. The largest absolute Gasteiger partial charge is 0.387 e. The molecule has 1 unspecified atom stereocenters. The summed E-state index contributed by atoms with van der Waals surface area (Å²) in [7, 11) is 0. The first-order valence-electron chi connectivity index (χ1n) is 3.56. The first kappa shape index (κ1) is 9.60. The first-order valence-corrected chi connectivity index (χ1v) is 4.82. The molecule has 1 atom stereocenters. The minimum atomic E-state index is -0.537. The molecule has 0 saturated carbocycles. The summed E-state index contributed by atoms with van der Waals surface area (Å²) in [5, 5.41) is 12.0. The van der Waals surface area contributed by atoms with Crippen LogP contribution in [0.15, 0.2) is 11.4 Å². The minimum Gasteiger partial charge on any atom is -0.387 e. The molecule has 0 amide bonds. The van der Waals surface area contributed by atoms with Crippen LogP contribution in [0.2, 0.25) is 5.02 Å². The number of halogens is 1. The molecular formula is C9H9ClOS. The summed E-state index contributed by atoms with van der Waals surface area (Å²) in [6.45, 7) is 1.75. The predicted octanol–water partition coefficient (Wildman–Crippen LogP) is 2.85. The van der Waals surface area contributed by atoms with Crippen LogP contribution in [0.4, 0.5) is 0 Å². The number of aliphatic hydroxyl groups is 1. The number of aliphatic hydroxyl groups excluding tert-OH is 1. The summed E-state index contributed by atoms with van der Waals surface area (Å²) >= 11 is 7.27. The van der Waals surface area contributed by atoms with Crippen LogP contribution < -0.4 is 0 Å². The van der Waals surface area contributed by atoms with Crippen molar-refractivity contribution in [2.75, 3.05) is 0 Å². The summed E-state index contributed by atoms with van der Waals surface area (Å²) in [6, 6.07) is 1.78. The lowest BCUT2D eigenvalue weighted by Crippen LogP contribution is -1.92. The van der Waals surface area contributed by atoms with Gasteiger partial charge in [0.05, 0.1) is 9.90 Å². The van der Waals surface area contributed by atoms with Gasteiger partial charge in [-0.15, -0.1) is 23.2 Å². The van der Waals surface area contributed by atoms with Crippen LogP contribution >= 0.6 is 22.9 Å². The van der Waals surface area contributed by atoms with Crippen molar-refractivity contribution < 1.29 is 5.11 Å². The number of rotatable bonds is 2. The Labute approximate surface area is 81.0 Å². The van der Waals surface area contributed by atoms with E-state index >= 15 is 0 Å². The van der Waals surface area contributed by atoms with E-state index in [1.54, 1.807) is 13.0 Å². The second-order valence-corrected chi connectivity index (χ2v) is 3.63. The Bertz CT molecular complexity index is 308. The van der Waals surface area contributed by atoms with Gasteiger partial charge in [0.25, 0.3) is 0 Å². The molecule has 3 heteroatoms. The minimum absolute atomic E-state index is 0.455. The highest BCUT2D eigenvalue weighted by Gasteiger charge is 2.10. The fourth-order valence-electron chi connectivity index (χ4n) is 0.835. The Morgan fingerprint density at radius 2 is 2.50 bits per heavy atom. The van der Waals surface area contributed by atoms with Gasteiger partial charge in [-0.1, -0.05) is 11.6 Å². The lowest BCUT2D eigenvalue weighted by atomic mass is 10.2. The smallest absolute Gasteiger partial charge is 0.101 e. The highest BCUT2D eigenvalue weighted by Crippen LogP contribution is 2.29. The quantitative estimate of drug-likeness (QED) is 0.728. The van der Waals surface area contributed by atoms with Crippen molar-refractivity contribution in [3.8, 4) is 11.8 Å². The molecule has 0 saturated heterocycles. The van der Waals surface area contributed by atoms with Gasteiger partial charge in [0.2, 0.25) is 0 Å². The topological polar surface area (TPSA) is 20.2 Å². The molecule has 1 aromatic rings. The molecule has 1 heterocycles. The molecule has 1 aromatic heterocycles. The SMILES string of the molecule is CC#CCC(O)c1sccc1Cl. The second kappa shape index (κ2) is 4.51. The Kier molecular flexibility index (Phi) is 3.61. The Hall–Kier alpha value is -0.490. The molecule has 0 aromatic carbocycles. The fraction of sp³-hybridized carbons (Fsp3) is 0.333. The highest BCUT2D eigenvalue weighted by molar-refractivity contribution is 7.10. The zero-order valence-corrected chi connectivity index (χ0v) is 8.25. The van der Waals surface area contributed by atoms with Crippen molar-refractivity contribution in [1.29, 1.82) is 0 Å². The maximum atomic E-state index is 9.54. The van der Waals surface area contributed by atoms with E-state index in [0.29, 0.717) is 11.4 Å². The van der Waals surface area contributed by atoms with Gasteiger partial charge in [-0.3, -0.25) is 0 Å². The van der Waals surface area contributed by atoms with Gasteiger partial charge >= 0.3 is 0 Å². The molecule has 0 fully saturated rings. The third-order valence-corrected chi connectivity index (χ3v) is 2.88. The normalized spacial score (nSPS) is 11.9. The van der Waals surface area contributed by atoms with Crippen molar-refractivity contribution in [3.63, 3.8) is 0 Å². The van der Waals surface area contributed by atoms with Gasteiger partial charge in [0.15, 0.2) is 0 Å². The van der Waals surface area contributed by atoms with E-state index in [0.717, 1.165) is 4.88 Å². The van der Waals surface area contributed by atoms with E-state index in [4.69, 9.17) is 11.6 Å².